The SMILES string of the molecule is CC(C(=O)N1CCN(C(=O)C(C)[N+]2(C)CCOCC2)CC1)[N+]1(C)CCOCC1. The Morgan fingerprint density at radius 2 is 0.964 bits per heavy atom. The van der Waals surface area contributed by atoms with Crippen molar-refractivity contribution in [2.45, 2.75) is 25.9 Å². The van der Waals surface area contributed by atoms with Crippen molar-refractivity contribution < 1.29 is 28.0 Å². The fourth-order valence-electron chi connectivity index (χ4n) is 4.50. The minimum absolute atomic E-state index is 0.0668. The number of carbonyl (C=O) groups excluding carboxylic acids is 2. The Morgan fingerprint density at radius 1 is 0.679 bits per heavy atom. The van der Waals surface area contributed by atoms with Crippen molar-refractivity contribution >= 4 is 11.8 Å². The van der Waals surface area contributed by atoms with E-state index in [0.717, 1.165) is 61.6 Å². The van der Waals surface area contributed by atoms with Crippen LogP contribution in [0, 0.1) is 0 Å². The monoisotopic (exact) mass is 398 g/mol. The number of likely N-dealkylation sites (N-methyl/N-ethyl adjacent to an activating group) is 2. The van der Waals surface area contributed by atoms with E-state index in [1.54, 1.807) is 0 Å². The molecule has 3 saturated heterocycles. The minimum atomic E-state index is -0.0668. The maximum absolute atomic E-state index is 13.1. The van der Waals surface area contributed by atoms with Crippen LogP contribution in [0.15, 0.2) is 0 Å². The number of carbonyl (C=O) groups is 2. The minimum Gasteiger partial charge on any atom is -0.370 e. The normalized spacial score (nSPS) is 27.1. The summed E-state index contributed by atoms with van der Waals surface area (Å²) in [5, 5.41) is 0. The molecule has 2 unspecified atom stereocenters. The van der Waals surface area contributed by atoms with Crippen LogP contribution in [-0.2, 0) is 19.1 Å². The lowest BCUT2D eigenvalue weighted by molar-refractivity contribution is -0.930. The predicted molar refractivity (Wildman–Crippen MR) is 106 cm³/mol. The molecule has 0 aromatic heterocycles. The van der Waals surface area contributed by atoms with E-state index in [0.29, 0.717) is 26.2 Å². The summed E-state index contributed by atoms with van der Waals surface area (Å²) >= 11 is 0. The van der Waals surface area contributed by atoms with Crippen molar-refractivity contribution in [1.29, 1.82) is 0 Å². The molecule has 160 valence electrons. The van der Waals surface area contributed by atoms with E-state index in [4.69, 9.17) is 9.47 Å². The third-order valence-corrected chi connectivity index (χ3v) is 7.47. The maximum atomic E-state index is 13.1. The van der Waals surface area contributed by atoms with Gasteiger partial charge in [0.1, 0.15) is 26.2 Å². The van der Waals surface area contributed by atoms with Crippen molar-refractivity contribution in [3.63, 3.8) is 0 Å². The number of hydrogen-bond acceptors (Lipinski definition) is 4. The molecule has 0 aromatic rings. The zero-order valence-electron chi connectivity index (χ0n) is 18.1. The Kier molecular flexibility index (Phi) is 6.64. The lowest BCUT2D eigenvalue weighted by atomic mass is 10.1. The Balaban J connectivity index is 1.53. The first-order valence-corrected chi connectivity index (χ1v) is 10.7. The molecule has 8 heteroatoms. The molecule has 2 amide bonds. The van der Waals surface area contributed by atoms with E-state index in [9.17, 15) is 9.59 Å². The molecule has 0 aliphatic carbocycles. The number of amides is 2. The number of ether oxygens (including phenoxy) is 2. The molecule has 3 heterocycles. The standard InChI is InChI=1S/C20H38N4O4/c1-17(23(3)9-13-27-14-10-23)19(25)21-5-7-22(8-6-21)20(26)18(2)24(4)11-15-28-16-12-24/h17-18H,5-16H2,1-4H3/q+2. The summed E-state index contributed by atoms with van der Waals surface area (Å²) in [4.78, 5) is 30.0. The van der Waals surface area contributed by atoms with Gasteiger partial charge in [0.25, 0.3) is 11.8 Å². The van der Waals surface area contributed by atoms with Crippen LogP contribution in [0.4, 0.5) is 0 Å². The van der Waals surface area contributed by atoms with Crippen LogP contribution in [0.5, 0.6) is 0 Å². The Hall–Kier alpha value is -1.22. The van der Waals surface area contributed by atoms with Crippen molar-refractivity contribution in [3.05, 3.63) is 0 Å². The molecule has 3 rings (SSSR count). The van der Waals surface area contributed by atoms with E-state index >= 15 is 0 Å². The molecule has 0 spiro atoms. The molecular weight excluding hydrogens is 360 g/mol. The summed E-state index contributed by atoms with van der Waals surface area (Å²) in [6.07, 6.45) is 0. The predicted octanol–water partition coefficient (Wildman–Crippen LogP) is -0.612. The number of nitrogens with zero attached hydrogens (tertiary/aromatic N) is 4. The zero-order chi connectivity index (χ0) is 20.4. The number of piperazine rings is 1. The Bertz CT molecular complexity index is 515. The molecule has 8 nitrogen and oxygen atoms in total. The van der Waals surface area contributed by atoms with E-state index in [-0.39, 0.29) is 23.9 Å². The van der Waals surface area contributed by atoms with E-state index in [1.165, 1.54) is 0 Å². The molecule has 28 heavy (non-hydrogen) atoms. The highest BCUT2D eigenvalue weighted by atomic mass is 16.5. The van der Waals surface area contributed by atoms with Crippen LogP contribution in [-0.4, -0.2) is 136 Å². The average molecular weight is 399 g/mol. The average Bonchev–Trinajstić information content (AvgIpc) is 2.73. The summed E-state index contributed by atoms with van der Waals surface area (Å²) in [5.74, 6) is 0.411. The van der Waals surface area contributed by atoms with Gasteiger partial charge in [-0.3, -0.25) is 9.59 Å². The highest BCUT2D eigenvalue weighted by Gasteiger charge is 2.42. The molecule has 3 aliphatic heterocycles. The largest absolute Gasteiger partial charge is 0.370 e. The van der Waals surface area contributed by atoms with Gasteiger partial charge in [0.05, 0.1) is 40.5 Å². The molecule has 3 aliphatic rings. The van der Waals surface area contributed by atoms with Crippen LogP contribution < -0.4 is 0 Å². The van der Waals surface area contributed by atoms with E-state index in [1.807, 2.05) is 23.6 Å². The van der Waals surface area contributed by atoms with E-state index < -0.39 is 0 Å². The van der Waals surface area contributed by atoms with Crippen molar-refractivity contribution in [2.24, 2.45) is 0 Å². The molecule has 0 bridgehead atoms. The number of rotatable bonds is 4. The maximum Gasteiger partial charge on any atom is 0.280 e. The first-order chi connectivity index (χ1) is 13.3. The third kappa shape index (κ3) is 4.35. The fourth-order valence-corrected chi connectivity index (χ4v) is 4.50. The Labute approximate surface area is 169 Å². The van der Waals surface area contributed by atoms with E-state index in [2.05, 4.69) is 14.1 Å². The smallest absolute Gasteiger partial charge is 0.280 e. The summed E-state index contributed by atoms with van der Waals surface area (Å²) in [6, 6.07) is -0.134. The van der Waals surface area contributed by atoms with Gasteiger partial charge in [0, 0.05) is 26.2 Å². The second-order valence-corrected chi connectivity index (χ2v) is 9.08. The van der Waals surface area contributed by atoms with Gasteiger partial charge in [-0.25, -0.2) is 0 Å². The molecule has 0 aromatic carbocycles. The lowest BCUT2D eigenvalue weighted by Crippen LogP contribution is -2.65. The molecule has 0 N–H and O–H groups in total. The highest BCUT2D eigenvalue weighted by Crippen LogP contribution is 2.19. The third-order valence-electron chi connectivity index (χ3n) is 7.47. The summed E-state index contributed by atoms with van der Waals surface area (Å²) in [7, 11) is 4.30. The first-order valence-electron chi connectivity index (χ1n) is 10.7. The van der Waals surface area contributed by atoms with Crippen LogP contribution in [0.25, 0.3) is 0 Å². The van der Waals surface area contributed by atoms with Crippen LogP contribution in [0.1, 0.15) is 13.8 Å². The molecule has 2 atom stereocenters. The van der Waals surface area contributed by atoms with Gasteiger partial charge in [-0.2, -0.15) is 0 Å². The molecule has 0 radical (unpaired) electrons. The summed E-state index contributed by atoms with van der Waals surface area (Å²) < 4.78 is 12.4. The number of morpholine rings is 2. The van der Waals surface area contributed by atoms with Gasteiger partial charge in [0.15, 0.2) is 12.1 Å². The number of quaternary nitrogens is 2. The van der Waals surface area contributed by atoms with Crippen molar-refractivity contribution in [2.75, 3.05) is 92.9 Å². The molecule has 3 fully saturated rings. The topological polar surface area (TPSA) is 59.1 Å². The van der Waals surface area contributed by atoms with Gasteiger partial charge in [0.2, 0.25) is 0 Å². The van der Waals surface area contributed by atoms with Gasteiger partial charge >= 0.3 is 0 Å². The zero-order valence-corrected chi connectivity index (χ0v) is 18.1. The second kappa shape index (κ2) is 8.65. The molecule has 0 saturated carbocycles. The van der Waals surface area contributed by atoms with Gasteiger partial charge < -0.3 is 28.2 Å². The first kappa shape index (κ1) is 21.5. The highest BCUT2D eigenvalue weighted by molar-refractivity contribution is 5.82. The van der Waals surface area contributed by atoms with Crippen molar-refractivity contribution in [1.82, 2.24) is 9.80 Å². The molecular formula is C20H38N4O4+2. The van der Waals surface area contributed by atoms with Crippen molar-refractivity contribution in [3.8, 4) is 0 Å². The van der Waals surface area contributed by atoms with Gasteiger partial charge in [-0.1, -0.05) is 0 Å². The van der Waals surface area contributed by atoms with Gasteiger partial charge in [-0.05, 0) is 13.8 Å². The summed E-state index contributed by atoms with van der Waals surface area (Å²) in [6.45, 7) is 13.0. The number of hydrogen-bond donors (Lipinski definition) is 0. The quantitative estimate of drug-likeness (QED) is 0.593. The van der Waals surface area contributed by atoms with Crippen LogP contribution in [0.2, 0.25) is 0 Å². The van der Waals surface area contributed by atoms with Crippen LogP contribution >= 0.6 is 0 Å². The van der Waals surface area contributed by atoms with Gasteiger partial charge in [-0.15, -0.1) is 0 Å². The fraction of sp³-hybridized carbons (Fsp3) is 0.900. The van der Waals surface area contributed by atoms with Crippen LogP contribution in [0.3, 0.4) is 0 Å². The summed E-state index contributed by atoms with van der Waals surface area (Å²) in [5.41, 5.74) is 0. The Morgan fingerprint density at radius 3 is 1.25 bits per heavy atom. The second-order valence-electron chi connectivity index (χ2n) is 9.08. The lowest BCUT2D eigenvalue weighted by Gasteiger charge is -2.45.